The number of hydrogen-bond acceptors (Lipinski definition) is 3. The molecule has 0 spiro atoms. The monoisotopic (exact) mass is 287 g/mol. The molecule has 1 fully saturated rings. The highest BCUT2D eigenvalue weighted by molar-refractivity contribution is 7.89. The zero-order valence-corrected chi connectivity index (χ0v) is 12.2. The van der Waals surface area contributed by atoms with Crippen LogP contribution in [0.25, 0.3) is 0 Å². The topological polar surface area (TPSA) is 54.5 Å². The maximum atomic E-state index is 12.4. The Balaban J connectivity index is 2.30. The van der Waals surface area contributed by atoms with Crippen LogP contribution in [0.2, 0.25) is 0 Å². The van der Waals surface area contributed by atoms with Crippen LogP contribution in [0.1, 0.15) is 11.1 Å². The molecule has 0 atom stereocenters. The first-order valence-electron chi connectivity index (χ1n) is 5.83. The Labute approximate surface area is 111 Å². The summed E-state index contributed by atoms with van der Waals surface area (Å²) >= 11 is 0. The predicted octanol–water partition coefficient (Wildman–Crippen LogP) is 1.06. The third kappa shape index (κ3) is 2.65. The highest BCUT2D eigenvalue weighted by atomic mass is 32.2. The number of benzene rings is 1. The predicted molar refractivity (Wildman–Crippen MR) is 72.6 cm³/mol. The molecule has 18 heavy (non-hydrogen) atoms. The van der Waals surface area contributed by atoms with Crippen molar-refractivity contribution in [2.75, 3.05) is 24.6 Å². The highest BCUT2D eigenvalue weighted by Crippen LogP contribution is 2.20. The van der Waals surface area contributed by atoms with Crippen molar-refractivity contribution in [3.8, 4) is 0 Å². The zero-order valence-electron chi connectivity index (χ0n) is 10.5. The minimum Gasteiger partial charge on any atom is -0.259 e. The first-order valence-corrected chi connectivity index (χ1v) is 8.76. The molecular formula is C12H17NO3S2. The van der Waals surface area contributed by atoms with Gasteiger partial charge >= 0.3 is 0 Å². The smallest absolute Gasteiger partial charge is 0.243 e. The molecule has 6 heteroatoms. The number of aryl methyl sites for hydroxylation is 2. The largest absolute Gasteiger partial charge is 0.259 e. The van der Waals surface area contributed by atoms with Gasteiger partial charge in [-0.25, -0.2) is 8.42 Å². The molecule has 1 saturated heterocycles. The van der Waals surface area contributed by atoms with Crippen molar-refractivity contribution in [2.24, 2.45) is 0 Å². The Morgan fingerprint density at radius 1 is 1.11 bits per heavy atom. The fourth-order valence-corrected chi connectivity index (χ4v) is 4.70. The van der Waals surface area contributed by atoms with E-state index in [0.29, 0.717) is 29.5 Å². The molecule has 0 aromatic heterocycles. The molecule has 0 unspecified atom stereocenters. The summed E-state index contributed by atoms with van der Waals surface area (Å²) in [4.78, 5) is 0.332. The van der Waals surface area contributed by atoms with Crippen molar-refractivity contribution >= 4 is 20.8 Å². The van der Waals surface area contributed by atoms with Gasteiger partial charge in [0.15, 0.2) is 0 Å². The Bertz CT molecular complexity index is 571. The molecule has 4 nitrogen and oxygen atoms in total. The Hall–Kier alpha value is -0.720. The maximum absolute atomic E-state index is 12.4. The highest BCUT2D eigenvalue weighted by Gasteiger charge is 2.28. The van der Waals surface area contributed by atoms with E-state index in [4.69, 9.17) is 0 Å². The third-order valence-corrected chi connectivity index (χ3v) is 6.42. The first kappa shape index (κ1) is 13.7. The van der Waals surface area contributed by atoms with Crippen LogP contribution in [-0.4, -0.2) is 41.5 Å². The molecule has 0 aliphatic carbocycles. The van der Waals surface area contributed by atoms with Gasteiger partial charge < -0.3 is 0 Å². The zero-order chi connectivity index (χ0) is 13.3. The standard InChI is InChI=1S/C12H17NO3S2/c1-10-3-4-12(9-11(10)2)18(15,16)13-5-7-17(14)8-6-13/h3-4,9H,5-8H2,1-2H3. The van der Waals surface area contributed by atoms with Crippen molar-refractivity contribution in [1.82, 2.24) is 4.31 Å². The van der Waals surface area contributed by atoms with E-state index in [1.165, 1.54) is 4.31 Å². The molecule has 1 aromatic rings. The van der Waals surface area contributed by atoms with E-state index in [0.717, 1.165) is 11.1 Å². The van der Waals surface area contributed by atoms with Gasteiger partial charge in [-0.1, -0.05) is 6.07 Å². The lowest BCUT2D eigenvalue weighted by atomic mass is 10.1. The van der Waals surface area contributed by atoms with E-state index in [-0.39, 0.29) is 0 Å². The molecule has 1 aromatic carbocycles. The van der Waals surface area contributed by atoms with Gasteiger partial charge in [-0.3, -0.25) is 4.21 Å². The lowest BCUT2D eigenvalue weighted by molar-refractivity contribution is 0.438. The van der Waals surface area contributed by atoms with E-state index in [1.807, 2.05) is 19.9 Å². The van der Waals surface area contributed by atoms with Crippen LogP contribution in [-0.2, 0) is 20.8 Å². The van der Waals surface area contributed by atoms with E-state index in [9.17, 15) is 12.6 Å². The quantitative estimate of drug-likeness (QED) is 0.817. The molecular weight excluding hydrogens is 270 g/mol. The lowest BCUT2D eigenvalue weighted by Crippen LogP contribution is -2.41. The summed E-state index contributed by atoms with van der Waals surface area (Å²) in [6.45, 7) is 4.55. The van der Waals surface area contributed by atoms with E-state index < -0.39 is 20.8 Å². The molecule has 1 heterocycles. The van der Waals surface area contributed by atoms with Crippen molar-refractivity contribution in [1.29, 1.82) is 0 Å². The SMILES string of the molecule is Cc1ccc(S(=O)(=O)N2CCS(=O)CC2)cc1C. The van der Waals surface area contributed by atoms with Crippen molar-refractivity contribution in [3.63, 3.8) is 0 Å². The number of sulfonamides is 1. The van der Waals surface area contributed by atoms with Gasteiger partial charge in [0.1, 0.15) is 0 Å². The summed E-state index contributed by atoms with van der Waals surface area (Å²) in [6, 6.07) is 5.17. The van der Waals surface area contributed by atoms with Crippen LogP contribution in [0.5, 0.6) is 0 Å². The Kier molecular flexibility index (Phi) is 3.89. The summed E-state index contributed by atoms with van der Waals surface area (Å²) in [7, 11) is -4.29. The van der Waals surface area contributed by atoms with Crippen LogP contribution in [0.15, 0.2) is 23.1 Å². The van der Waals surface area contributed by atoms with E-state index in [2.05, 4.69) is 0 Å². The number of hydrogen-bond donors (Lipinski definition) is 0. The number of rotatable bonds is 2. The van der Waals surface area contributed by atoms with Crippen molar-refractivity contribution in [2.45, 2.75) is 18.7 Å². The van der Waals surface area contributed by atoms with Crippen molar-refractivity contribution in [3.05, 3.63) is 29.3 Å². The van der Waals surface area contributed by atoms with Gasteiger partial charge in [0.05, 0.1) is 4.90 Å². The van der Waals surface area contributed by atoms with Crippen LogP contribution >= 0.6 is 0 Å². The molecule has 0 amide bonds. The minimum atomic E-state index is -3.43. The van der Waals surface area contributed by atoms with Gasteiger partial charge in [-0.2, -0.15) is 4.31 Å². The molecule has 1 aliphatic rings. The summed E-state index contributed by atoms with van der Waals surface area (Å²) < 4.78 is 37.5. The number of nitrogens with zero attached hydrogens (tertiary/aromatic N) is 1. The molecule has 0 N–H and O–H groups in total. The average Bonchev–Trinajstić information content (AvgIpc) is 2.33. The fourth-order valence-electron chi connectivity index (χ4n) is 1.88. The Morgan fingerprint density at radius 2 is 1.72 bits per heavy atom. The minimum absolute atomic E-state index is 0.332. The van der Waals surface area contributed by atoms with Crippen LogP contribution in [0.4, 0.5) is 0 Å². The first-order chi connectivity index (χ1) is 8.41. The summed E-state index contributed by atoms with van der Waals surface area (Å²) in [6.07, 6.45) is 0. The third-order valence-electron chi connectivity index (χ3n) is 3.25. The van der Waals surface area contributed by atoms with Gasteiger partial charge in [0, 0.05) is 35.4 Å². The van der Waals surface area contributed by atoms with Crippen molar-refractivity contribution < 1.29 is 12.6 Å². The second-order valence-corrected chi connectivity index (χ2v) is 8.13. The average molecular weight is 287 g/mol. The second kappa shape index (κ2) is 5.11. The summed E-state index contributed by atoms with van der Waals surface area (Å²) in [5.41, 5.74) is 2.05. The van der Waals surface area contributed by atoms with Gasteiger partial charge in [0.2, 0.25) is 10.0 Å². The van der Waals surface area contributed by atoms with Gasteiger partial charge in [-0.05, 0) is 37.1 Å². The summed E-state index contributed by atoms with van der Waals surface area (Å²) in [5.74, 6) is 0.869. The van der Waals surface area contributed by atoms with Crippen LogP contribution < -0.4 is 0 Å². The summed E-state index contributed by atoms with van der Waals surface area (Å²) in [5, 5.41) is 0. The van der Waals surface area contributed by atoms with Gasteiger partial charge in [-0.15, -0.1) is 0 Å². The van der Waals surface area contributed by atoms with Crippen LogP contribution in [0, 0.1) is 13.8 Å². The van der Waals surface area contributed by atoms with Crippen LogP contribution in [0.3, 0.4) is 0 Å². The van der Waals surface area contributed by atoms with E-state index >= 15 is 0 Å². The molecule has 1 aliphatic heterocycles. The fraction of sp³-hybridized carbons (Fsp3) is 0.500. The molecule has 0 saturated carbocycles. The molecule has 2 rings (SSSR count). The normalized spacial score (nSPS) is 19.0. The van der Waals surface area contributed by atoms with Gasteiger partial charge in [0.25, 0.3) is 0 Å². The molecule has 100 valence electrons. The lowest BCUT2D eigenvalue weighted by Gasteiger charge is -2.25. The maximum Gasteiger partial charge on any atom is 0.243 e. The van der Waals surface area contributed by atoms with E-state index in [1.54, 1.807) is 12.1 Å². The molecule has 0 bridgehead atoms. The Morgan fingerprint density at radius 3 is 2.28 bits per heavy atom. The second-order valence-electron chi connectivity index (χ2n) is 4.50. The molecule has 0 radical (unpaired) electrons.